The molecule has 0 radical (unpaired) electrons. The van der Waals surface area contributed by atoms with E-state index in [1.807, 2.05) is 13.8 Å². The summed E-state index contributed by atoms with van der Waals surface area (Å²) in [5.41, 5.74) is 1.30. The second kappa shape index (κ2) is 6.95. The molecule has 0 aliphatic heterocycles. The van der Waals surface area contributed by atoms with Crippen LogP contribution in [0, 0.1) is 23.7 Å². The third kappa shape index (κ3) is 3.15. The Labute approximate surface area is 146 Å². The summed E-state index contributed by atoms with van der Waals surface area (Å²) in [6.45, 7) is 6.32. The molecule has 0 heterocycles. The highest BCUT2D eigenvalue weighted by Gasteiger charge is 2.47. The van der Waals surface area contributed by atoms with Crippen LogP contribution >= 0.6 is 0 Å². The number of hydrogen-bond donors (Lipinski definition) is 1. The average molecular weight is 329 g/mol. The molecule has 0 unspecified atom stereocenters. The van der Waals surface area contributed by atoms with Gasteiger partial charge in [0.25, 0.3) is 0 Å². The van der Waals surface area contributed by atoms with E-state index in [1.165, 1.54) is 37.7 Å². The molecule has 24 heavy (non-hydrogen) atoms. The Morgan fingerprint density at radius 2 is 1.50 bits per heavy atom. The summed E-state index contributed by atoms with van der Waals surface area (Å²) in [7, 11) is 0. The molecule has 132 valence electrons. The van der Waals surface area contributed by atoms with Crippen LogP contribution in [0.1, 0.15) is 51.5 Å². The number of hydrogen-bond acceptors (Lipinski definition) is 3. The van der Waals surface area contributed by atoms with Gasteiger partial charge in [-0.25, -0.2) is 0 Å². The third-order valence-corrected chi connectivity index (χ3v) is 6.38. The first-order chi connectivity index (χ1) is 11.8. The summed E-state index contributed by atoms with van der Waals surface area (Å²) < 4.78 is 11.4. The summed E-state index contributed by atoms with van der Waals surface area (Å²) in [6, 6.07) is 7.12. The standard InChI is InChI=1S/C21H31NO2/c1-3-23-19-6-5-14(12-20(19)24-4-2)13-22-21-17-8-15-7-16(10-17)11-18(21)9-15/h5-6,12,15-18,21-22H,3-4,7-11,13H2,1-2H3. The molecule has 4 fully saturated rings. The van der Waals surface area contributed by atoms with Crippen molar-refractivity contribution in [3.63, 3.8) is 0 Å². The Bertz CT molecular complexity index is 543. The van der Waals surface area contributed by atoms with Gasteiger partial charge in [-0.15, -0.1) is 0 Å². The van der Waals surface area contributed by atoms with Crippen molar-refractivity contribution >= 4 is 0 Å². The molecule has 3 heteroatoms. The molecule has 3 nitrogen and oxygen atoms in total. The number of benzene rings is 1. The van der Waals surface area contributed by atoms with Gasteiger partial charge in [0.05, 0.1) is 13.2 Å². The van der Waals surface area contributed by atoms with E-state index in [9.17, 15) is 0 Å². The molecule has 0 saturated heterocycles. The van der Waals surface area contributed by atoms with E-state index >= 15 is 0 Å². The van der Waals surface area contributed by atoms with Crippen molar-refractivity contribution in [1.82, 2.24) is 5.32 Å². The lowest BCUT2D eigenvalue weighted by Crippen LogP contribution is -2.54. The molecule has 5 rings (SSSR count). The van der Waals surface area contributed by atoms with Crippen molar-refractivity contribution in [2.24, 2.45) is 23.7 Å². The fourth-order valence-electron chi connectivity index (χ4n) is 5.70. The minimum atomic E-state index is 0.672. The normalized spacial score (nSPS) is 33.7. The fraction of sp³-hybridized carbons (Fsp3) is 0.714. The predicted octanol–water partition coefficient (Wildman–Crippen LogP) is 4.40. The van der Waals surface area contributed by atoms with E-state index in [-0.39, 0.29) is 0 Å². The van der Waals surface area contributed by atoms with Gasteiger partial charge in [-0.2, -0.15) is 0 Å². The summed E-state index contributed by atoms with van der Waals surface area (Å²) in [6.07, 6.45) is 7.41. The van der Waals surface area contributed by atoms with E-state index < -0.39 is 0 Å². The minimum absolute atomic E-state index is 0.672. The molecule has 1 N–H and O–H groups in total. The van der Waals surface area contributed by atoms with Crippen LogP contribution in [0.25, 0.3) is 0 Å². The maximum Gasteiger partial charge on any atom is 0.161 e. The van der Waals surface area contributed by atoms with Crippen LogP contribution in [0.3, 0.4) is 0 Å². The van der Waals surface area contributed by atoms with Crippen LogP contribution in [0.2, 0.25) is 0 Å². The molecule has 0 atom stereocenters. The maximum absolute atomic E-state index is 5.76. The van der Waals surface area contributed by atoms with E-state index in [2.05, 4.69) is 23.5 Å². The topological polar surface area (TPSA) is 30.5 Å². The minimum Gasteiger partial charge on any atom is -0.490 e. The van der Waals surface area contributed by atoms with Gasteiger partial charge < -0.3 is 14.8 Å². The Balaban J connectivity index is 1.41. The highest BCUT2D eigenvalue weighted by molar-refractivity contribution is 5.43. The number of ether oxygens (including phenoxy) is 2. The van der Waals surface area contributed by atoms with Crippen LogP contribution in [-0.4, -0.2) is 19.3 Å². The van der Waals surface area contributed by atoms with Crippen molar-refractivity contribution in [3.8, 4) is 11.5 Å². The highest BCUT2D eigenvalue weighted by Crippen LogP contribution is 2.53. The van der Waals surface area contributed by atoms with Crippen molar-refractivity contribution < 1.29 is 9.47 Å². The monoisotopic (exact) mass is 329 g/mol. The molecular formula is C21H31NO2. The molecule has 4 aliphatic rings. The Morgan fingerprint density at radius 3 is 2.12 bits per heavy atom. The number of rotatable bonds is 7. The quantitative estimate of drug-likeness (QED) is 0.804. The van der Waals surface area contributed by atoms with Gasteiger partial charge in [-0.05, 0) is 87.3 Å². The van der Waals surface area contributed by atoms with Gasteiger partial charge in [0, 0.05) is 12.6 Å². The van der Waals surface area contributed by atoms with Gasteiger partial charge >= 0.3 is 0 Å². The summed E-state index contributed by atoms with van der Waals surface area (Å²) in [5.74, 6) is 5.67. The van der Waals surface area contributed by atoms with E-state index in [4.69, 9.17) is 9.47 Å². The molecule has 0 aromatic heterocycles. The SMILES string of the molecule is CCOc1ccc(CNC2C3CC4CC(C3)CC2C4)cc1OCC. The van der Waals surface area contributed by atoms with Crippen LogP contribution < -0.4 is 14.8 Å². The molecule has 0 amide bonds. The zero-order chi connectivity index (χ0) is 16.5. The second-order valence-electron chi connectivity index (χ2n) is 7.98. The van der Waals surface area contributed by atoms with Crippen molar-refractivity contribution in [1.29, 1.82) is 0 Å². The average Bonchev–Trinajstić information content (AvgIpc) is 2.56. The summed E-state index contributed by atoms with van der Waals surface area (Å²) in [4.78, 5) is 0. The van der Waals surface area contributed by atoms with Gasteiger partial charge in [0.2, 0.25) is 0 Å². The lowest BCUT2D eigenvalue weighted by Gasteiger charge is -2.54. The zero-order valence-electron chi connectivity index (χ0n) is 15.1. The lowest BCUT2D eigenvalue weighted by atomic mass is 9.54. The first kappa shape index (κ1) is 16.3. The van der Waals surface area contributed by atoms with Gasteiger partial charge in [-0.1, -0.05) is 6.07 Å². The first-order valence-electron chi connectivity index (χ1n) is 9.88. The molecule has 1 aromatic rings. The predicted molar refractivity (Wildman–Crippen MR) is 96.5 cm³/mol. The van der Waals surface area contributed by atoms with Crippen LogP contribution in [-0.2, 0) is 6.54 Å². The smallest absolute Gasteiger partial charge is 0.161 e. The lowest BCUT2D eigenvalue weighted by molar-refractivity contribution is -0.0142. The van der Waals surface area contributed by atoms with E-state index in [0.29, 0.717) is 13.2 Å². The molecule has 4 bridgehead atoms. The second-order valence-corrected chi connectivity index (χ2v) is 7.98. The van der Waals surface area contributed by atoms with E-state index in [1.54, 1.807) is 0 Å². The van der Waals surface area contributed by atoms with Crippen LogP contribution in [0.5, 0.6) is 11.5 Å². The van der Waals surface area contributed by atoms with Gasteiger partial charge in [0.15, 0.2) is 11.5 Å². The van der Waals surface area contributed by atoms with E-state index in [0.717, 1.165) is 47.8 Å². The molecule has 4 saturated carbocycles. The first-order valence-corrected chi connectivity index (χ1v) is 9.88. The molecule has 1 aromatic carbocycles. The van der Waals surface area contributed by atoms with Crippen molar-refractivity contribution in [2.75, 3.05) is 13.2 Å². The largest absolute Gasteiger partial charge is 0.490 e. The summed E-state index contributed by atoms with van der Waals surface area (Å²) in [5, 5.41) is 3.91. The Kier molecular flexibility index (Phi) is 4.71. The summed E-state index contributed by atoms with van der Waals surface area (Å²) >= 11 is 0. The molecule has 4 aliphatic carbocycles. The van der Waals surface area contributed by atoms with Crippen molar-refractivity contribution in [2.45, 2.75) is 58.5 Å². The third-order valence-electron chi connectivity index (χ3n) is 6.38. The van der Waals surface area contributed by atoms with Crippen LogP contribution in [0.4, 0.5) is 0 Å². The number of nitrogens with one attached hydrogen (secondary N) is 1. The zero-order valence-corrected chi connectivity index (χ0v) is 15.1. The fourth-order valence-corrected chi connectivity index (χ4v) is 5.70. The van der Waals surface area contributed by atoms with Gasteiger partial charge in [-0.3, -0.25) is 0 Å². The Morgan fingerprint density at radius 1 is 0.875 bits per heavy atom. The maximum atomic E-state index is 5.76. The molecule has 0 spiro atoms. The molecular weight excluding hydrogens is 298 g/mol. The van der Waals surface area contributed by atoms with Crippen LogP contribution in [0.15, 0.2) is 18.2 Å². The van der Waals surface area contributed by atoms with Crippen molar-refractivity contribution in [3.05, 3.63) is 23.8 Å². The van der Waals surface area contributed by atoms with Gasteiger partial charge in [0.1, 0.15) is 0 Å². The Hall–Kier alpha value is -1.22. The highest BCUT2D eigenvalue weighted by atomic mass is 16.5.